The van der Waals surface area contributed by atoms with E-state index in [1.165, 1.54) is 0 Å². The number of rotatable bonds is 4. The van der Waals surface area contributed by atoms with Crippen LogP contribution in [0.4, 0.5) is 0 Å². The van der Waals surface area contributed by atoms with Gasteiger partial charge < -0.3 is 9.52 Å². The van der Waals surface area contributed by atoms with Gasteiger partial charge in [0.2, 0.25) is 0 Å². The van der Waals surface area contributed by atoms with Crippen molar-refractivity contribution in [3.8, 4) is 17.1 Å². The molecular formula is C14H13N3O2S. The van der Waals surface area contributed by atoms with Gasteiger partial charge in [0.15, 0.2) is 5.76 Å². The number of benzene rings is 1. The Morgan fingerprint density at radius 3 is 2.90 bits per heavy atom. The average Bonchev–Trinajstić information content (AvgIpc) is 3.15. The lowest BCUT2D eigenvalue weighted by atomic mass is 10.2. The summed E-state index contributed by atoms with van der Waals surface area (Å²) in [6, 6.07) is 11.6. The largest absolute Gasteiger partial charge is 0.463 e. The third-order valence-electron chi connectivity index (χ3n) is 2.94. The van der Waals surface area contributed by atoms with Crippen molar-refractivity contribution in [2.24, 2.45) is 0 Å². The van der Waals surface area contributed by atoms with E-state index in [-0.39, 0.29) is 6.61 Å². The zero-order valence-corrected chi connectivity index (χ0v) is 11.7. The second-order valence-electron chi connectivity index (χ2n) is 4.13. The highest BCUT2D eigenvalue weighted by Crippen LogP contribution is 2.27. The van der Waals surface area contributed by atoms with Crippen molar-refractivity contribution in [2.45, 2.75) is 11.5 Å². The Balaban J connectivity index is 2.16. The fourth-order valence-corrected chi connectivity index (χ4v) is 2.46. The lowest BCUT2D eigenvalue weighted by Gasteiger charge is -2.06. The van der Waals surface area contributed by atoms with Crippen LogP contribution in [0.1, 0.15) is 5.69 Å². The van der Waals surface area contributed by atoms with Crippen LogP contribution < -0.4 is 0 Å². The van der Waals surface area contributed by atoms with E-state index < -0.39 is 0 Å². The molecule has 0 saturated heterocycles. The van der Waals surface area contributed by atoms with Gasteiger partial charge in [-0.2, -0.15) is 0 Å². The third-order valence-corrected chi connectivity index (χ3v) is 3.67. The van der Waals surface area contributed by atoms with Gasteiger partial charge in [-0.25, -0.2) is 4.68 Å². The van der Waals surface area contributed by atoms with Crippen molar-refractivity contribution in [1.82, 2.24) is 15.0 Å². The van der Waals surface area contributed by atoms with E-state index in [0.29, 0.717) is 17.1 Å². The highest BCUT2D eigenvalue weighted by molar-refractivity contribution is 7.98. The Kier molecular flexibility index (Phi) is 3.58. The standard InChI is InChI=1S/C14H13N3O2S/c1-20-11-5-2-4-10(8-11)17-14(12(9-18)15-16-17)13-6-3-7-19-13/h2-8,18H,9H2,1H3. The third kappa shape index (κ3) is 2.23. The lowest BCUT2D eigenvalue weighted by molar-refractivity contribution is 0.277. The number of aromatic nitrogens is 3. The zero-order valence-electron chi connectivity index (χ0n) is 10.9. The Labute approximate surface area is 120 Å². The van der Waals surface area contributed by atoms with E-state index in [0.717, 1.165) is 10.6 Å². The highest BCUT2D eigenvalue weighted by Gasteiger charge is 2.17. The van der Waals surface area contributed by atoms with Gasteiger partial charge in [0.25, 0.3) is 0 Å². The molecule has 0 fully saturated rings. The summed E-state index contributed by atoms with van der Waals surface area (Å²) in [5.74, 6) is 0.633. The molecule has 0 saturated carbocycles. The molecule has 0 aliphatic carbocycles. The summed E-state index contributed by atoms with van der Waals surface area (Å²) in [5.41, 5.74) is 2.06. The zero-order chi connectivity index (χ0) is 13.9. The van der Waals surface area contributed by atoms with Crippen LogP contribution in [0.5, 0.6) is 0 Å². The Morgan fingerprint density at radius 1 is 1.30 bits per heavy atom. The van der Waals surface area contributed by atoms with E-state index in [1.54, 1.807) is 28.8 Å². The van der Waals surface area contributed by atoms with Gasteiger partial charge in [0.05, 0.1) is 18.6 Å². The molecule has 1 aromatic carbocycles. The minimum atomic E-state index is -0.182. The van der Waals surface area contributed by atoms with E-state index >= 15 is 0 Å². The van der Waals surface area contributed by atoms with Crippen molar-refractivity contribution in [3.63, 3.8) is 0 Å². The Morgan fingerprint density at radius 2 is 2.20 bits per heavy atom. The van der Waals surface area contributed by atoms with E-state index in [1.807, 2.05) is 36.6 Å². The molecule has 102 valence electrons. The van der Waals surface area contributed by atoms with Gasteiger partial charge in [-0.1, -0.05) is 11.3 Å². The van der Waals surface area contributed by atoms with Crippen LogP contribution in [-0.2, 0) is 6.61 Å². The molecule has 1 N–H and O–H groups in total. The maximum atomic E-state index is 9.42. The summed E-state index contributed by atoms with van der Waals surface area (Å²) in [6.07, 6.45) is 3.61. The summed E-state index contributed by atoms with van der Waals surface area (Å²) in [5, 5.41) is 17.6. The van der Waals surface area contributed by atoms with Crippen LogP contribution in [-0.4, -0.2) is 26.4 Å². The Bertz CT molecular complexity index is 707. The number of thioether (sulfide) groups is 1. The summed E-state index contributed by atoms with van der Waals surface area (Å²) in [7, 11) is 0. The molecule has 3 rings (SSSR count). The Hall–Kier alpha value is -2.05. The predicted molar refractivity (Wildman–Crippen MR) is 76.8 cm³/mol. The topological polar surface area (TPSA) is 64.1 Å². The summed E-state index contributed by atoms with van der Waals surface area (Å²) in [4.78, 5) is 1.13. The number of nitrogens with zero attached hydrogens (tertiary/aromatic N) is 3. The highest BCUT2D eigenvalue weighted by atomic mass is 32.2. The first-order chi connectivity index (χ1) is 9.83. The van der Waals surface area contributed by atoms with Crippen LogP contribution in [0, 0.1) is 0 Å². The van der Waals surface area contributed by atoms with E-state index in [9.17, 15) is 5.11 Å². The molecule has 0 unspecified atom stereocenters. The van der Waals surface area contributed by atoms with Crippen molar-refractivity contribution in [2.75, 3.05) is 6.26 Å². The molecule has 20 heavy (non-hydrogen) atoms. The fourth-order valence-electron chi connectivity index (χ4n) is 2.00. The summed E-state index contributed by atoms with van der Waals surface area (Å²) in [6.45, 7) is -0.182. The summed E-state index contributed by atoms with van der Waals surface area (Å²) >= 11 is 1.66. The smallest absolute Gasteiger partial charge is 0.154 e. The lowest BCUT2D eigenvalue weighted by Crippen LogP contribution is -1.99. The molecule has 0 radical (unpaired) electrons. The monoisotopic (exact) mass is 287 g/mol. The minimum Gasteiger partial charge on any atom is -0.463 e. The molecule has 2 aromatic heterocycles. The van der Waals surface area contributed by atoms with Crippen LogP contribution in [0.25, 0.3) is 17.1 Å². The minimum absolute atomic E-state index is 0.182. The molecule has 0 aliphatic rings. The van der Waals surface area contributed by atoms with E-state index in [2.05, 4.69) is 10.3 Å². The molecule has 5 nitrogen and oxygen atoms in total. The molecule has 0 bridgehead atoms. The molecule has 6 heteroatoms. The van der Waals surface area contributed by atoms with Crippen molar-refractivity contribution < 1.29 is 9.52 Å². The number of furan rings is 1. The van der Waals surface area contributed by atoms with Crippen molar-refractivity contribution in [3.05, 3.63) is 48.4 Å². The molecule has 0 spiro atoms. The number of aliphatic hydroxyl groups excluding tert-OH is 1. The van der Waals surface area contributed by atoms with Crippen LogP contribution in [0.2, 0.25) is 0 Å². The first-order valence-corrected chi connectivity index (χ1v) is 7.29. The van der Waals surface area contributed by atoms with Gasteiger partial charge >= 0.3 is 0 Å². The SMILES string of the molecule is CSc1cccc(-n2nnc(CO)c2-c2ccco2)c1. The first-order valence-electron chi connectivity index (χ1n) is 6.07. The second-order valence-corrected chi connectivity index (χ2v) is 5.01. The van der Waals surface area contributed by atoms with Gasteiger partial charge in [-0.3, -0.25) is 0 Å². The maximum absolute atomic E-state index is 9.42. The number of aliphatic hydroxyl groups is 1. The average molecular weight is 287 g/mol. The fraction of sp³-hybridized carbons (Fsp3) is 0.143. The molecule has 2 heterocycles. The van der Waals surface area contributed by atoms with E-state index in [4.69, 9.17) is 4.42 Å². The molecule has 0 amide bonds. The van der Waals surface area contributed by atoms with Gasteiger partial charge in [-0.15, -0.1) is 16.9 Å². The number of hydrogen-bond acceptors (Lipinski definition) is 5. The van der Waals surface area contributed by atoms with Crippen LogP contribution in [0.3, 0.4) is 0 Å². The second kappa shape index (κ2) is 5.52. The van der Waals surface area contributed by atoms with Crippen molar-refractivity contribution >= 4 is 11.8 Å². The normalized spacial score (nSPS) is 10.9. The van der Waals surface area contributed by atoms with Crippen molar-refractivity contribution in [1.29, 1.82) is 0 Å². The van der Waals surface area contributed by atoms with Crippen LogP contribution in [0.15, 0.2) is 52.0 Å². The molecular weight excluding hydrogens is 274 g/mol. The molecule has 3 aromatic rings. The summed E-state index contributed by atoms with van der Waals surface area (Å²) < 4.78 is 7.11. The van der Waals surface area contributed by atoms with Gasteiger partial charge in [0, 0.05) is 4.90 Å². The maximum Gasteiger partial charge on any atom is 0.154 e. The quantitative estimate of drug-likeness (QED) is 0.747. The number of hydrogen-bond donors (Lipinski definition) is 1. The van der Waals surface area contributed by atoms with Crippen LogP contribution >= 0.6 is 11.8 Å². The van der Waals surface area contributed by atoms with Gasteiger partial charge in [-0.05, 0) is 36.6 Å². The first kappa shape index (κ1) is 13.0. The molecule has 0 aliphatic heterocycles. The molecule has 0 atom stereocenters. The predicted octanol–water partition coefficient (Wildman–Crippen LogP) is 2.74. The van der Waals surface area contributed by atoms with Gasteiger partial charge in [0.1, 0.15) is 11.4 Å².